The molecule has 1 atom stereocenters. The summed E-state index contributed by atoms with van der Waals surface area (Å²) >= 11 is 3.87. The first kappa shape index (κ1) is 17.4. The van der Waals surface area contributed by atoms with Crippen LogP contribution in [0.25, 0.3) is 0 Å². The highest BCUT2D eigenvalue weighted by Gasteiger charge is 2.16. The van der Waals surface area contributed by atoms with Crippen LogP contribution in [0.5, 0.6) is 0 Å². The third kappa shape index (κ3) is 6.75. The molecule has 6 heteroatoms. The summed E-state index contributed by atoms with van der Waals surface area (Å²) in [5, 5.41) is 8.45. The van der Waals surface area contributed by atoms with E-state index in [9.17, 15) is 4.79 Å². The lowest BCUT2D eigenvalue weighted by molar-refractivity contribution is -0.141. The van der Waals surface area contributed by atoms with E-state index in [0.29, 0.717) is 5.75 Å². The van der Waals surface area contributed by atoms with Crippen molar-refractivity contribution in [3.05, 3.63) is 0 Å². The van der Waals surface area contributed by atoms with Gasteiger partial charge in [-0.15, -0.1) is 24.8 Å². The highest BCUT2D eigenvalue weighted by molar-refractivity contribution is 7.80. The third-order valence-electron chi connectivity index (χ3n) is 1.08. The fourth-order valence-electron chi connectivity index (χ4n) is 0.462. The highest BCUT2D eigenvalue weighted by atomic mass is 35.5. The largest absolute Gasteiger partial charge is 0.480 e. The van der Waals surface area contributed by atoms with Crippen LogP contribution < -0.4 is 0 Å². The predicted octanol–water partition coefficient (Wildman–Crippen LogP) is 0.775. The molecule has 0 saturated carbocycles. The Morgan fingerprint density at radius 1 is 1.55 bits per heavy atom. The molecule has 0 aromatic rings. The van der Waals surface area contributed by atoms with Gasteiger partial charge in [-0.3, -0.25) is 9.69 Å². The monoisotopic (exact) mass is 221 g/mol. The summed E-state index contributed by atoms with van der Waals surface area (Å²) in [6.07, 6.45) is 0. The molecule has 0 saturated heterocycles. The maximum absolute atomic E-state index is 10.3. The number of likely N-dealkylation sites (N-methyl/N-ethyl adjacent to an activating group) is 1. The van der Waals surface area contributed by atoms with Crippen LogP contribution in [0, 0.1) is 0 Å². The molecule has 0 aliphatic rings. The summed E-state index contributed by atoms with van der Waals surface area (Å²) in [7, 11) is 3.43. The van der Waals surface area contributed by atoms with Gasteiger partial charge in [-0.05, 0) is 14.1 Å². The minimum atomic E-state index is -0.824. The van der Waals surface area contributed by atoms with E-state index in [0.717, 1.165) is 0 Å². The Kier molecular flexibility index (Phi) is 13.4. The van der Waals surface area contributed by atoms with Gasteiger partial charge in [0.25, 0.3) is 0 Å². The van der Waals surface area contributed by atoms with Crippen molar-refractivity contribution >= 4 is 43.4 Å². The van der Waals surface area contributed by atoms with Gasteiger partial charge in [-0.1, -0.05) is 0 Å². The molecule has 0 heterocycles. The number of nitrogens with zero attached hydrogens (tertiary/aromatic N) is 1. The van der Waals surface area contributed by atoms with Crippen LogP contribution in [0.1, 0.15) is 0 Å². The average Bonchev–Trinajstić information content (AvgIpc) is 1.64. The van der Waals surface area contributed by atoms with Crippen molar-refractivity contribution in [2.75, 3.05) is 19.8 Å². The van der Waals surface area contributed by atoms with Crippen LogP contribution in [-0.4, -0.2) is 41.9 Å². The number of halogens is 2. The number of rotatable bonds is 3. The molecule has 3 nitrogen and oxygen atoms in total. The van der Waals surface area contributed by atoms with Gasteiger partial charge in [-0.25, -0.2) is 0 Å². The minimum Gasteiger partial charge on any atom is -0.480 e. The van der Waals surface area contributed by atoms with Gasteiger partial charge in [0.2, 0.25) is 0 Å². The van der Waals surface area contributed by atoms with Crippen molar-refractivity contribution in [1.82, 2.24) is 4.90 Å². The molecule has 0 fully saturated rings. The van der Waals surface area contributed by atoms with Gasteiger partial charge >= 0.3 is 5.97 Å². The number of thiol groups is 1. The molecule has 1 unspecified atom stereocenters. The fourth-order valence-corrected chi connectivity index (χ4v) is 0.945. The molecule has 11 heavy (non-hydrogen) atoms. The van der Waals surface area contributed by atoms with Crippen molar-refractivity contribution in [3.63, 3.8) is 0 Å². The zero-order chi connectivity index (χ0) is 7.44. The van der Waals surface area contributed by atoms with E-state index in [2.05, 4.69) is 12.6 Å². The maximum atomic E-state index is 10.3. The zero-order valence-electron chi connectivity index (χ0n) is 6.35. The first-order valence-corrected chi connectivity index (χ1v) is 3.23. The highest BCUT2D eigenvalue weighted by Crippen LogP contribution is 1.94. The van der Waals surface area contributed by atoms with E-state index >= 15 is 0 Å². The van der Waals surface area contributed by atoms with Gasteiger partial charge < -0.3 is 5.11 Å². The normalized spacial score (nSPS) is 11.3. The molecule has 0 aliphatic heterocycles. The van der Waals surface area contributed by atoms with Crippen LogP contribution in [0.2, 0.25) is 0 Å². The van der Waals surface area contributed by atoms with Crippen LogP contribution in [0.15, 0.2) is 0 Å². The Balaban J connectivity index is -0.000000320. The lowest BCUT2D eigenvalue weighted by Crippen LogP contribution is -2.37. The number of aliphatic carboxylic acids is 1. The molecule has 0 amide bonds. The Hall–Kier alpha value is 0.360. The summed E-state index contributed by atoms with van der Waals surface area (Å²) in [6.45, 7) is 0. The number of carboxylic acids is 1. The molecule has 0 aromatic heterocycles. The quantitative estimate of drug-likeness (QED) is 0.693. The molecular formula is C5H13Cl2NO2S. The van der Waals surface area contributed by atoms with Crippen LogP contribution >= 0.6 is 37.4 Å². The van der Waals surface area contributed by atoms with Gasteiger partial charge in [0.1, 0.15) is 6.04 Å². The van der Waals surface area contributed by atoms with E-state index in [4.69, 9.17) is 5.11 Å². The number of carboxylic acid groups (broad SMARTS) is 1. The van der Waals surface area contributed by atoms with Gasteiger partial charge in [-0.2, -0.15) is 12.6 Å². The number of hydrogen-bond donors (Lipinski definition) is 2. The number of carbonyl (C=O) groups is 1. The topological polar surface area (TPSA) is 40.5 Å². The smallest absolute Gasteiger partial charge is 0.321 e. The van der Waals surface area contributed by atoms with E-state index in [1.54, 1.807) is 19.0 Å². The van der Waals surface area contributed by atoms with E-state index < -0.39 is 12.0 Å². The summed E-state index contributed by atoms with van der Waals surface area (Å²) in [5.74, 6) is -0.475. The Bertz CT molecular complexity index is 113. The van der Waals surface area contributed by atoms with Gasteiger partial charge in [0.05, 0.1) is 0 Å². The SMILES string of the molecule is CN(C)C(CS)C(=O)O.Cl.Cl. The molecule has 0 bridgehead atoms. The third-order valence-corrected chi connectivity index (χ3v) is 1.43. The van der Waals surface area contributed by atoms with E-state index in [1.807, 2.05) is 0 Å². The van der Waals surface area contributed by atoms with Crippen LogP contribution in [0.3, 0.4) is 0 Å². The molecule has 0 radical (unpaired) electrons. The summed E-state index contributed by atoms with van der Waals surface area (Å²) in [4.78, 5) is 11.9. The van der Waals surface area contributed by atoms with Crippen molar-refractivity contribution < 1.29 is 9.90 Å². The second-order valence-electron chi connectivity index (χ2n) is 2.00. The number of hydrogen-bond acceptors (Lipinski definition) is 3. The lowest BCUT2D eigenvalue weighted by atomic mass is 10.3. The van der Waals surface area contributed by atoms with Crippen molar-refractivity contribution in [2.45, 2.75) is 6.04 Å². The van der Waals surface area contributed by atoms with Gasteiger partial charge in [0.15, 0.2) is 0 Å². The van der Waals surface area contributed by atoms with E-state index in [-0.39, 0.29) is 24.8 Å². The standard InChI is InChI=1S/C5H11NO2S.2ClH/c1-6(2)4(3-9)5(7)8;;/h4,9H,3H2,1-2H3,(H,7,8);2*1H. The molecule has 0 rings (SSSR count). The summed E-state index contributed by atoms with van der Waals surface area (Å²) in [6, 6.07) is -0.465. The summed E-state index contributed by atoms with van der Waals surface area (Å²) < 4.78 is 0. The fraction of sp³-hybridized carbons (Fsp3) is 0.800. The second-order valence-corrected chi connectivity index (χ2v) is 2.37. The Morgan fingerprint density at radius 3 is 1.91 bits per heavy atom. The minimum absolute atomic E-state index is 0. The van der Waals surface area contributed by atoms with Crippen molar-refractivity contribution in [3.8, 4) is 0 Å². The van der Waals surface area contributed by atoms with Gasteiger partial charge in [0, 0.05) is 5.75 Å². The first-order valence-electron chi connectivity index (χ1n) is 2.59. The molecular weight excluding hydrogens is 209 g/mol. The second kappa shape index (κ2) is 8.46. The molecule has 70 valence electrons. The first-order chi connectivity index (χ1) is 4.09. The molecule has 0 aromatic carbocycles. The molecule has 0 aliphatic carbocycles. The van der Waals surface area contributed by atoms with Crippen molar-refractivity contribution in [1.29, 1.82) is 0 Å². The van der Waals surface area contributed by atoms with Crippen LogP contribution in [-0.2, 0) is 4.79 Å². The average molecular weight is 222 g/mol. The van der Waals surface area contributed by atoms with E-state index in [1.165, 1.54) is 0 Å². The summed E-state index contributed by atoms with van der Waals surface area (Å²) in [5.41, 5.74) is 0. The molecule has 0 spiro atoms. The Morgan fingerprint density at radius 2 is 1.91 bits per heavy atom. The lowest BCUT2D eigenvalue weighted by Gasteiger charge is -2.16. The zero-order valence-corrected chi connectivity index (χ0v) is 8.88. The Labute approximate surface area is 84.4 Å². The predicted molar refractivity (Wildman–Crippen MR) is 53.5 cm³/mol. The van der Waals surface area contributed by atoms with Crippen LogP contribution in [0.4, 0.5) is 0 Å². The maximum Gasteiger partial charge on any atom is 0.321 e. The van der Waals surface area contributed by atoms with Crippen molar-refractivity contribution in [2.24, 2.45) is 0 Å². The molecule has 1 N–H and O–H groups in total.